The molecule has 0 saturated heterocycles. The lowest BCUT2D eigenvalue weighted by atomic mass is 10.1. The van der Waals surface area contributed by atoms with Gasteiger partial charge in [0.15, 0.2) is 17.5 Å². The van der Waals surface area contributed by atoms with Gasteiger partial charge >= 0.3 is 0 Å². The number of hydrogen-bond donors (Lipinski definition) is 0. The van der Waals surface area contributed by atoms with Gasteiger partial charge in [0.1, 0.15) is 11.4 Å². The van der Waals surface area contributed by atoms with Crippen LogP contribution in [0.2, 0.25) is 0 Å². The van der Waals surface area contributed by atoms with Crippen LogP contribution in [0.25, 0.3) is 73.0 Å². The van der Waals surface area contributed by atoms with Gasteiger partial charge in [-0.3, -0.25) is 0 Å². The minimum atomic E-state index is 0.506. The average Bonchev–Trinajstić information content (AvgIpc) is 3.46. The van der Waals surface area contributed by atoms with E-state index in [1.165, 1.54) is 0 Å². The molecule has 0 amide bonds. The van der Waals surface area contributed by atoms with Crippen molar-refractivity contribution in [1.82, 2.24) is 29.7 Å². The maximum atomic E-state index is 5.12. The summed E-state index contributed by atoms with van der Waals surface area (Å²) < 4.78 is 2.00. The third kappa shape index (κ3) is 4.61. The van der Waals surface area contributed by atoms with Crippen LogP contribution >= 0.6 is 0 Å². The van der Waals surface area contributed by atoms with Crippen LogP contribution in [0, 0.1) is 0 Å². The largest absolute Gasteiger partial charge is 0.243 e. The molecule has 3 aromatic heterocycles. The first-order chi connectivity index (χ1) is 21.3. The van der Waals surface area contributed by atoms with Gasteiger partial charge in [-0.1, -0.05) is 109 Å². The van der Waals surface area contributed by atoms with E-state index in [0.717, 1.165) is 49.9 Å². The van der Waals surface area contributed by atoms with Gasteiger partial charge in [-0.15, -0.1) is 0 Å². The van der Waals surface area contributed by atoms with Crippen LogP contribution in [0.3, 0.4) is 0 Å². The molecule has 0 bridgehead atoms. The highest BCUT2D eigenvalue weighted by Gasteiger charge is 2.18. The first kappa shape index (κ1) is 24.8. The van der Waals surface area contributed by atoms with Gasteiger partial charge in [0.25, 0.3) is 0 Å². The predicted octanol–water partition coefficient (Wildman–Crippen LogP) is 8.43. The summed E-state index contributed by atoms with van der Waals surface area (Å²) in [6.45, 7) is 0. The van der Waals surface area contributed by atoms with Crippen molar-refractivity contribution in [2.24, 2.45) is 0 Å². The van der Waals surface area contributed by atoms with Crippen molar-refractivity contribution in [3.05, 3.63) is 146 Å². The number of hydrogen-bond acceptors (Lipinski definition) is 5. The highest BCUT2D eigenvalue weighted by Crippen LogP contribution is 2.33. The first-order valence-corrected chi connectivity index (χ1v) is 14.1. The molecule has 6 nitrogen and oxygen atoms in total. The molecule has 0 aliphatic rings. The van der Waals surface area contributed by atoms with E-state index in [1.54, 1.807) is 0 Å². The molecule has 8 aromatic rings. The van der Waals surface area contributed by atoms with Crippen LogP contribution in [0.1, 0.15) is 0 Å². The number of para-hydroxylation sites is 1. The van der Waals surface area contributed by atoms with Gasteiger partial charge in [-0.25, -0.2) is 24.6 Å². The number of rotatable bonds is 5. The van der Waals surface area contributed by atoms with Gasteiger partial charge in [0.05, 0.1) is 16.9 Å². The van der Waals surface area contributed by atoms with E-state index in [0.29, 0.717) is 23.2 Å². The highest BCUT2D eigenvalue weighted by molar-refractivity contribution is 6.03. The Morgan fingerprint density at radius 2 is 0.953 bits per heavy atom. The average molecular weight is 553 g/mol. The zero-order valence-electron chi connectivity index (χ0n) is 23.0. The zero-order chi connectivity index (χ0) is 28.6. The van der Waals surface area contributed by atoms with E-state index in [2.05, 4.69) is 48.5 Å². The molecule has 0 saturated carbocycles. The Bertz CT molecular complexity index is 2170. The van der Waals surface area contributed by atoms with E-state index in [9.17, 15) is 0 Å². The van der Waals surface area contributed by atoms with Crippen LogP contribution in [0.15, 0.2) is 146 Å². The number of pyridine rings is 1. The second-order valence-corrected chi connectivity index (χ2v) is 10.3. The second-order valence-electron chi connectivity index (χ2n) is 10.3. The van der Waals surface area contributed by atoms with Crippen LogP contribution in [-0.4, -0.2) is 29.7 Å². The van der Waals surface area contributed by atoms with Crippen LogP contribution in [0.5, 0.6) is 0 Å². The summed E-state index contributed by atoms with van der Waals surface area (Å²) >= 11 is 0. The molecule has 0 atom stereocenters. The minimum absolute atomic E-state index is 0.506. The number of aromatic nitrogens is 6. The minimum Gasteiger partial charge on any atom is -0.243 e. The van der Waals surface area contributed by atoms with Crippen molar-refractivity contribution in [2.75, 3.05) is 0 Å². The molecule has 8 rings (SSSR count). The van der Waals surface area contributed by atoms with Gasteiger partial charge in [0, 0.05) is 16.5 Å². The SMILES string of the molecule is c1ccc(-c2nc(-c3ccccc3)nc(-c3cccc(-c4nn(-c5ccccc5)c5cc6ccccc6cc45)n3)n2)cc1. The van der Waals surface area contributed by atoms with Crippen molar-refractivity contribution < 1.29 is 0 Å². The molecular weight excluding hydrogens is 528 g/mol. The topological polar surface area (TPSA) is 69.4 Å². The molecule has 5 aromatic carbocycles. The van der Waals surface area contributed by atoms with E-state index in [4.69, 9.17) is 25.0 Å². The molecule has 0 unspecified atom stereocenters. The van der Waals surface area contributed by atoms with Crippen molar-refractivity contribution >= 4 is 21.7 Å². The first-order valence-electron chi connectivity index (χ1n) is 14.1. The van der Waals surface area contributed by atoms with Gasteiger partial charge in [-0.2, -0.15) is 5.10 Å². The van der Waals surface area contributed by atoms with Gasteiger partial charge in [0.2, 0.25) is 0 Å². The third-order valence-corrected chi connectivity index (χ3v) is 7.47. The Kier molecular flexibility index (Phi) is 6.01. The normalized spacial score (nSPS) is 11.3. The fraction of sp³-hybridized carbons (Fsp3) is 0. The Balaban J connectivity index is 1.32. The van der Waals surface area contributed by atoms with Crippen LogP contribution in [0.4, 0.5) is 0 Å². The van der Waals surface area contributed by atoms with E-state index >= 15 is 0 Å². The smallest absolute Gasteiger partial charge is 0.182 e. The van der Waals surface area contributed by atoms with Crippen molar-refractivity contribution in [1.29, 1.82) is 0 Å². The number of benzene rings is 5. The quantitative estimate of drug-likeness (QED) is 0.214. The summed E-state index contributed by atoms with van der Waals surface area (Å²) in [6.07, 6.45) is 0. The summed E-state index contributed by atoms with van der Waals surface area (Å²) in [5, 5.41) is 8.45. The fourth-order valence-electron chi connectivity index (χ4n) is 5.37. The van der Waals surface area contributed by atoms with Crippen molar-refractivity contribution in [3.8, 4) is 51.4 Å². The molecule has 0 aliphatic carbocycles. The fourth-order valence-corrected chi connectivity index (χ4v) is 5.37. The summed E-state index contributed by atoms with van der Waals surface area (Å²) in [6, 6.07) is 48.8. The Hall–Kier alpha value is -6.01. The molecular formula is C37H24N6. The maximum Gasteiger partial charge on any atom is 0.182 e. The van der Waals surface area contributed by atoms with Gasteiger partial charge < -0.3 is 0 Å². The lowest BCUT2D eigenvalue weighted by Gasteiger charge is -2.08. The van der Waals surface area contributed by atoms with Crippen molar-refractivity contribution in [3.63, 3.8) is 0 Å². The lowest BCUT2D eigenvalue weighted by molar-refractivity contribution is 0.913. The molecule has 0 N–H and O–H groups in total. The van der Waals surface area contributed by atoms with Crippen molar-refractivity contribution in [2.45, 2.75) is 0 Å². The molecule has 0 radical (unpaired) electrons. The molecule has 202 valence electrons. The summed E-state index contributed by atoms with van der Waals surface area (Å²) in [5.74, 6) is 1.70. The Morgan fingerprint density at radius 3 is 1.60 bits per heavy atom. The number of fused-ring (bicyclic) bond motifs is 2. The second kappa shape index (κ2) is 10.4. The monoisotopic (exact) mass is 552 g/mol. The Labute approximate surface area is 248 Å². The molecule has 0 spiro atoms. The standard InChI is InChI=1S/C37H24N6/c1-4-13-25(14-5-1)35-39-36(26-15-6-2-7-16-26)41-37(40-35)32-22-12-21-31(38-32)34-30-23-27-17-10-11-18-28(27)24-33(30)43(42-34)29-19-8-3-9-20-29/h1-24H. The zero-order valence-corrected chi connectivity index (χ0v) is 23.0. The molecule has 0 fully saturated rings. The summed E-state index contributed by atoms with van der Waals surface area (Å²) in [7, 11) is 0. The molecule has 43 heavy (non-hydrogen) atoms. The molecule has 0 aliphatic heterocycles. The van der Waals surface area contributed by atoms with Crippen LogP contribution in [-0.2, 0) is 0 Å². The van der Waals surface area contributed by atoms with E-state index < -0.39 is 0 Å². The summed E-state index contributed by atoms with van der Waals surface area (Å²) in [4.78, 5) is 19.7. The number of nitrogens with zero attached hydrogens (tertiary/aromatic N) is 6. The van der Waals surface area contributed by atoms with E-state index in [-0.39, 0.29) is 0 Å². The molecule has 3 heterocycles. The van der Waals surface area contributed by atoms with E-state index in [1.807, 2.05) is 102 Å². The molecule has 6 heteroatoms. The highest BCUT2D eigenvalue weighted by atomic mass is 15.3. The predicted molar refractivity (Wildman–Crippen MR) is 171 cm³/mol. The van der Waals surface area contributed by atoms with Gasteiger partial charge in [-0.05, 0) is 47.2 Å². The van der Waals surface area contributed by atoms with Crippen LogP contribution < -0.4 is 0 Å². The third-order valence-electron chi connectivity index (χ3n) is 7.47. The maximum absolute atomic E-state index is 5.12. The Morgan fingerprint density at radius 1 is 0.419 bits per heavy atom. The summed E-state index contributed by atoms with van der Waals surface area (Å²) in [5.41, 5.74) is 6.03. The lowest BCUT2D eigenvalue weighted by Crippen LogP contribution is -2.01.